The molecule has 1 atom stereocenters. The first-order valence-corrected chi connectivity index (χ1v) is 8.76. The van der Waals surface area contributed by atoms with Gasteiger partial charge in [0.1, 0.15) is 4.21 Å². The zero-order valence-electron chi connectivity index (χ0n) is 12.1. The van der Waals surface area contributed by atoms with Crippen molar-refractivity contribution in [2.24, 2.45) is 5.73 Å². The molecule has 1 aromatic heterocycles. The van der Waals surface area contributed by atoms with Crippen LogP contribution < -0.4 is 15.8 Å². The fraction of sp³-hybridized carbons (Fsp3) is 0.583. The predicted molar refractivity (Wildman–Crippen MR) is 87.3 cm³/mol. The van der Waals surface area contributed by atoms with E-state index in [-0.39, 0.29) is 35.6 Å². The van der Waals surface area contributed by atoms with E-state index in [1.54, 1.807) is 18.4 Å². The van der Waals surface area contributed by atoms with E-state index in [1.807, 2.05) is 6.92 Å². The Hall–Kier alpha value is -0.670. The molecule has 4 N–H and O–H groups in total. The van der Waals surface area contributed by atoms with E-state index in [1.165, 1.54) is 6.07 Å². The molecule has 9 heteroatoms. The molecule has 122 valence electrons. The number of nitrogens with one attached hydrogen (secondary N) is 2. The molecule has 21 heavy (non-hydrogen) atoms. The molecule has 1 amide bonds. The Kier molecular flexibility index (Phi) is 8.42. The van der Waals surface area contributed by atoms with E-state index in [0.717, 1.165) is 17.8 Å². The summed E-state index contributed by atoms with van der Waals surface area (Å²) < 4.78 is 26.3. The number of rotatable bonds is 8. The Morgan fingerprint density at radius 3 is 2.62 bits per heavy atom. The van der Waals surface area contributed by atoms with Crippen LogP contribution in [0.3, 0.4) is 0 Å². The van der Waals surface area contributed by atoms with E-state index in [0.29, 0.717) is 6.42 Å². The number of carbonyl (C=O) groups excluding carboxylic acids is 1. The molecule has 0 spiro atoms. The molecule has 0 aliphatic carbocycles. The highest BCUT2D eigenvalue weighted by Crippen LogP contribution is 2.14. The standard InChI is InChI=1S/C12H21N3O3S2.ClH/c1-3-6-12(2,13)11(16)14-7-8-15-20(17,18)10-5-4-9-19-10;/h4-5,9,15H,3,6-8,13H2,1-2H3,(H,14,16);1H. The van der Waals surface area contributed by atoms with E-state index >= 15 is 0 Å². The van der Waals surface area contributed by atoms with Gasteiger partial charge in [0.05, 0.1) is 5.54 Å². The van der Waals surface area contributed by atoms with Crippen LogP contribution in [-0.4, -0.2) is 33.0 Å². The second-order valence-corrected chi connectivity index (χ2v) is 7.69. The normalized spacial score (nSPS) is 14.0. The highest BCUT2D eigenvalue weighted by molar-refractivity contribution is 7.91. The Balaban J connectivity index is 0.00000400. The molecular weight excluding hydrogens is 334 g/mol. The van der Waals surface area contributed by atoms with E-state index in [9.17, 15) is 13.2 Å². The number of amides is 1. The van der Waals surface area contributed by atoms with Crippen LogP contribution in [0.1, 0.15) is 26.7 Å². The first-order valence-electron chi connectivity index (χ1n) is 6.40. The van der Waals surface area contributed by atoms with Crippen molar-refractivity contribution in [2.45, 2.75) is 36.4 Å². The average molecular weight is 356 g/mol. The zero-order chi connectivity index (χ0) is 15.2. The summed E-state index contributed by atoms with van der Waals surface area (Å²) in [5, 5.41) is 4.33. The number of sulfonamides is 1. The van der Waals surface area contributed by atoms with Crippen LogP contribution in [0.5, 0.6) is 0 Å². The maximum atomic E-state index is 11.8. The molecular formula is C12H22ClN3O3S2. The second kappa shape index (κ2) is 8.70. The van der Waals surface area contributed by atoms with Gasteiger partial charge in [-0.15, -0.1) is 23.7 Å². The Bertz CT molecular complexity index is 530. The zero-order valence-corrected chi connectivity index (χ0v) is 14.5. The quantitative estimate of drug-likeness (QED) is 0.607. The van der Waals surface area contributed by atoms with Gasteiger partial charge in [0.15, 0.2) is 0 Å². The summed E-state index contributed by atoms with van der Waals surface area (Å²) in [7, 11) is -3.47. The van der Waals surface area contributed by atoms with Gasteiger partial charge in [0, 0.05) is 13.1 Å². The van der Waals surface area contributed by atoms with Crippen molar-refractivity contribution >= 4 is 39.7 Å². The first kappa shape index (κ1) is 20.3. The van der Waals surface area contributed by atoms with Crippen molar-refractivity contribution in [1.29, 1.82) is 0 Å². The number of halogens is 1. The summed E-state index contributed by atoms with van der Waals surface area (Å²) in [5.74, 6) is -0.269. The molecule has 1 aromatic rings. The minimum absolute atomic E-state index is 0. The highest BCUT2D eigenvalue weighted by atomic mass is 35.5. The molecule has 1 unspecified atom stereocenters. The molecule has 0 radical (unpaired) electrons. The molecule has 1 rings (SSSR count). The lowest BCUT2D eigenvalue weighted by Gasteiger charge is -2.22. The fourth-order valence-electron chi connectivity index (χ4n) is 1.68. The van der Waals surface area contributed by atoms with Crippen molar-refractivity contribution in [3.8, 4) is 0 Å². The van der Waals surface area contributed by atoms with Gasteiger partial charge in [-0.05, 0) is 24.8 Å². The van der Waals surface area contributed by atoms with E-state index in [4.69, 9.17) is 5.73 Å². The van der Waals surface area contributed by atoms with Gasteiger partial charge in [-0.3, -0.25) is 4.79 Å². The number of hydrogen-bond acceptors (Lipinski definition) is 5. The third-order valence-electron chi connectivity index (χ3n) is 2.75. The maximum absolute atomic E-state index is 11.8. The molecule has 0 bridgehead atoms. The second-order valence-electron chi connectivity index (χ2n) is 4.75. The minimum Gasteiger partial charge on any atom is -0.353 e. The minimum atomic E-state index is -3.47. The third-order valence-corrected chi connectivity index (χ3v) is 5.61. The van der Waals surface area contributed by atoms with Crippen LogP contribution in [-0.2, 0) is 14.8 Å². The van der Waals surface area contributed by atoms with Gasteiger partial charge in [-0.25, -0.2) is 13.1 Å². The lowest BCUT2D eigenvalue weighted by atomic mass is 9.97. The predicted octanol–water partition coefficient (Wildman–Crippen LogP) is 1.08. The van der Waals surface area contributed by atoms with Crippen molar-refractivity contribution in [2.75, 3.05) is 13.1 Å². The van der Waals surface area contributed by atoms with Gasteiger partial charge >= 0.3 is 0 Å². The van der Waals surface area contributed by atoms with Crippen LogP contribution in [0.2, 0.25) is 0 Å². The third kappa shape index (κ3) is 6.31. The van der Waals surface area contributed by atoms with Crippen molar-refractivity contribution in [1.82, 2.24) is 10.0 Å². The smallest absolute Gasteiger partial charge is 0.250 e. The molecule has 1 heterocycles. The van der Waals surface area contributed by atoms with Crippen molar-refractivity contribution < 1.29 is 13.2 Å². The molecule has 0 saturated heterocycles. The summed E-state index contributed by atoms with van der Waals surface area (Å²) in [6, 6.07) is 3.20. The Labute approximate surface area is 136 Å². The Morgan fingerprint density at radius 1 is 1.43 bits per heavy atom. The SMILES string of the molecule is CCCC(C)(N)C(=O)NCCNS(=O)(=O)c1cccs1.Cl. The molecule has 0 aliphatic heterocycles. The molecule has 0 fully saturated rings. The number of hydrogen-bond donors (Lipinski definition) is 3. The van der Waals surface area contributed by atoms with Crippen LogP contribution >= 0.6 is 23.7 Å². The summed E-state index contributed by atoms with van der Waals surface area (Å²) in [6.07, 6.45) is 1.39. The van der Waals surface area contributed by atoms with Gasteiger partial charge in [0.2, 0.25) is 15.9 Å². The lowest BCUT2D eigenvalue weighted by molar-refractivity contribution is -0.126. The van der Waals surface area contributed by atoms with Gasteiger partial charge in [-0.2, -0.15) is 0 Å². The number of thiophene rings is 1. The summed E-state index contributed by atoms with van der Waals surface area (Å²) in [4.78, 5) is 11.8. The monoisotopic (exact) mass is 355 g/mol. The largest absolute Gasteiger partial charge is 0.353 e. The summed E-state index contributed by atoms with van der Waals surface area (Å²) in [6.45, 7) is 3.96. The summed E-state index contributed by atoms with van der Waals surface area (Å²) >= 11 is 1.15. The van der Waals surface area contributed by atoms with E-state index in [2.05, 4.69) is 10.0 Å². The maximum Gasteiger partial charge on any atom is 0.250 e. The molecule has 6 nitrogen and oxygen atoms in total. The van der Waals surface area contributed by atoms with Gasteiger partial charge in [0.25, 0.3) is 0 Å². The van der Waals surface area contributed by atoms with Crippen LogP contribution in [0.4, 0.5) is 0 Å². The lowest BCUT2D eigenvalue weighted by Crippen LogP contribution is -2.52. The highest BCUT2D eigenvalue weighted by Gasteiger charge is 2.26. The summed E-state index contributed by atoms with van der Waals surface area (Å²) in [5.41, 5.74) is 4.95. The van der Waals surface area contributed by atoms with Gasteiger partial charge in [-0.1, -0.05) is 19.4 Å². The topological polar surface area (TPSA) is 101 Å². The molecule has 0 saturated carbocycles. The number of nitrogens with two attached hydrogens (primary N) is 1. The molecule has 0 aromatic carbocycles. The molecule has 0 aliphatic rings. The van der Waals surface area contributed by atoms with Gasteiger partial charge < -0.3 is 11.1 Å². The fourth-order valence-corrected chi connectivity index (χ4v) is 3.75. The van der Waals surface area contributed by atoms with E-state index < -0.39 is 15.6 Å². The number of carbonyl (C=O) groups is 1. The van der Waals surface area contributed by atoms with Crippen LogP contribution in [0.15, 0.2) is 21.7 Å². The van der Waals surface area contributed by atoms with Crippen molar-refractivity contribution in [3.05, 3.63) is 17.5 Å². The Morgan fingerprint density at radius 2 is 2.10 bits per heavy atom. The first-order chi connectivity index (χ1) is 9.29. The van der Waals surface area contributed by atoms with Crippen LogP contribution in [0.25, 0.3) is 0 Å². The van der Waals surface area contributed by atoms with Crippen LogP contribution in [0, 0.1) is 0 Å². The van der Waals surface area contributed by atoms with Crippen molar-refractivity contribution in [3.63, 3.8) is 0 Å². The average Bonchev–Trinajstić information content (AvgIpc) is 2.88.